The summed E-state index contributed by atoms with van der Waals surface area (Å²) in [5.41, 5.74) is 4.79. The number of carbonyl (C=O) groups excluding carboxylic acids is 1. The SMILES string of the molecule is Cc1ccc(NC(=O)c2cccc(S(=O)(=O)N3c4ccccc4C[C@H]3C)c2)c(C)c1. The van der Waals surface area contributed by atoms with Gasteiger partial charge in [0.1, 0.15) is 0 Å². The Morgan fingerprint density at radius 3 is 2.53 bits per heavy atom. The highest BCUT2D eigenvalue weighted by Gasteiger charge is 2.36. The van der Waals surface area contributed by atoms with Gasteiger partial charge in [-0.05, 0) is 68.7 Å². The van der Waals surface area contributed by atoms with Gasteiger partial charge in [0, 0.05) is 17.3 Å². The maximum absolute atomic E-state index is 13.4. The van der Waals surface area contributed by atoms with E-state index in [0.29, 0.717) is 23.4 Å². The Labute approximate surface area is 177 Å². The van der Waals surface area contributed by atoms with Gasteiger partial charge in [-0.15, -0.1) is 0 Å². The van der Waals surface area contributed by atoms with E-state index >= 15 is 0 Å². The highest BCUT2D eigenvalue weighted by atomic mass is 32.2. The molecule has 1 N–H and O–H groups in total. The number of hydrogen-bond acceptors (Lipinski definition) is 3. The highest BCUT2D eigenvalue weighted by molar-refractivity contribution is 7.92. The lowest BCUT2D eigenvalue weighted by atomic mass is 10.1. The van der Waals surface area contributed by atoms with E-state index in [-0.39, 0.29) is 16.8 Å². The summed E-state index contributed by atoms with van der Waals surface area (Å²) in [6.07, 6.45) is 0.669. The second-order valence-corrected chi connectivity index (χ2v) is 9.60. The first kappa shape index (κ1) is 20.2. The van der Waals surface area contributed by atoms with E-state index in [1.165, 1.54) is 16.4 Å². The van der Waals surface area contributed by atoms with Crippen LogP contribution in [0.2, 0.25) is 0 Å². The zero-order valence-electron chi connectivity index (χ0n) is 17.2. The molecule has 154 valence electrons. The van der Waals surface area contributed by atoms with Crippen molar-refractivity contribution in [1.82, 2.24) is 0 Å². The van der Waals surface area contributed by atoms with Gasteiger partial charge < -0.3 is 5.32 Å². The summed E-state index contributed by atoms with van der Waals surface area (Å²) in [5.74, 6) is -0.339. The van der Waals surface area contributed by atoms with Gasteiger partial charge in [-0.2, -0.15) is 0 Å². The number of nitrogens with one attached hydrogen (secondary N) is 1. The van der Waals surface area contributed by atoms with Crippen LogP contribution in [0.25, 0.3) is 0 Å². The Hall–Kier alpha value is -3.12. The number of sulfonamides is 1. The molecule has 0 bridgehead atoms. The van der Waals surface area contributed by atoms with Crippen LogP contribution in [0.4, 0.5) is 11.4 Å². The Kier molecular flexibility index (Phi) is 5.12. The Bertz CT molecular complexity index is 1230. The van der Waals surface area contributed by atoms with Crippen LogP contribution in [0, 0.1) is 13.8 Å². The van der Waals surface area contributed by atoms with Crippen molar-refractivity contribution in [2.24, 2.45) is 0 Å². The van der Waals surface area contributed by atoms with Gasteiger partial charge in [-0.1, -0.05) is 42.0 Å². The lowest BCUT2D eigenvalue weighted by Crippen LogP contribution is -2.35. The third-order valence-electron chi connectivity index (χ3n) is 5.43. The van der Waals surface area contributed by atoms with Gasteiger partial charge in [0.25, 0.3) is 15.9 Å². The van der Waals surface area contributed by atoms with Crippen LogP contribution in [0.1, 0.15) is 34.0 Å². The van der Waals surface area contributed by atoms with E-state index in [1.807, 2.05) is 63.2 Å². The average Bonchev–Trinajstić information content (AvgIpc) is 3.06. The molecule has 30 heavy (non-hydrogen) atoms. The van der Waals surface area contributed by atoms with Crippen molar-refractivity contribution in [3.63, 3.8) is 0 Å². The normalized spacial score (nSPS) is 15.7. The predicted octanol–water partition coefficient (Wildman–Crippen LogP) is 4.70. The van der Waals surface area contributed by atoms with Crippen LogP contribution >= 0.6 is 0 Å². The molecule has 0 radical (unpaired) electrons. The second kappa shape index (κ2) is 7.61. The number of anilines is 2. The van der Waals surface area contributed by atoms with Crippen molar-refractivity contribution < 1.29 is 13.2 Å². The minimum Gasteiger partial charge on any atom is -0.322 e. The third-order valence-corrected chi connectivity index (χ3v) is 7.35. The maximum Gasteiger partial charge on any atom is 0.264 e. The van der Waals surface area contributed by atoms with Crippen LogP contribution in [0.3, 0.4) is 0 Å². The summed E-state index contributed by atoms with van der Waals surface area (Å²) in [6, 6.07) is 19.3. The van der Waals surface area contributed by atoms with Crippen LogP contribution in [-0.2, 0) is 16.4 Å². The number of fused-ring (bicyclic) bond motifs is 1. The number of nitrogens with zero attached hydrogens (tertiary/aromatic N) is 1. The minimum atomic E-state index is -3.79. The molecule has 1 atom stereocenters. The molecule has 4 rings (SSSR count). The van der Waals surface area contributed by atoms with E-state index < -0.39 is 10.0 Å². The quantitative estimate of drug-likeness (QED) is 0.666. The molecule has 0 saturated heterocycles. The van der Waals surface area contributed by atoms with Gasteiger partial charge in [0.05, 0.1) is 10.6 Å². The molecule has 1 amide bonds. The molecule has 1 aliphatic rings. The molecule has 6 heteroatoms. The number of para-hydroxylation sites is 1. The second-order valence-electron chi connectivity index (χ2n) is 7.78. The number of rotatable bonds is 4. The molecule has 5 nitrogen and oxygen atoms in total. The Morgan fingerprint density at radius 1 is 1.00 bits per heavy atom. The van der Waals surface area contributed by atoms with Crippen LogP contribution in [-0.4, -0.2) is 20.4 Å². The van der Waals surface area contributed by atoms with E-state index in [4.69, 9.17) is 0 Å². The van der Waals surface area contributed by atoms with Crippen LogP contribution in [0.15, 0.2) is 71.6 Å². The fourth-order valence-corrected chi connectivity index (χ4v) is 5.70. The van der Waals surface area contributed by atoms with Crippen LogP contribution in [0.5, 0.6) is 0 Å². The molecule has 0 aromatic heterocycles. The number of amides is 1. The molecular formula is C24H24N2O3S. The zero-order chi connectivity index (χ0) is 21.5. The summed E-state index contributed by atoms with van der Waals surface area (Å²) in [5, 5.41) is 2.88. The first-order valence-electron chi connectivity index (χ1n) is 9.88. The number of aryl methyl sites for hydroxylation is 2. The van der Waals surface area contributed by atoms with Gasteiger partial charge in [-0.25, -0.2) is 8.42 Å². The van der Waals surface area contributed by atoms with E-state index in [2.05, 4.69) is 5.32 Å². The molecule has 3 aromatic carbocycles. The largest absolute Gasteiger partial charge is 0.322 e. The molecule has 0 unspecified atom stereocenters. The predicted molar refractivity (Wildman–Crippen MR) is 120 cm³/mol. The van der Waals surface area contributed by atoms with Crippen LogP contribution < -0.4 is 9.62 Å². The first-order valence-corrected chi connectivity index (χ1v) is 11.3. The minimum absolute atomic E-state index is 0.110. The number of benzene rings is 3. The maximum atomic E-state index is 13.4. The molecule has 0 fully saturated rings. The van der Waals surface area contributed by atoms with Gasteiger partial charge in [0.15, 0.2) is 0 Å². The zero-order valence-corrected chi connectivity index (χ0v) is 18.0. The van der Waals surface area contributed by atoms with Crippen molar-refractivity contribution >= 4 is 27.3 Å². The lowest BCUT2D eigenvalue weighted by Gasteiger charge is -2.24. The summed E-state index contributed by atoms with van der Waals surface area (Å²) in [4.78, 5) is 12.9. The van der Waals surface area contributed by atoms with Gasteiger partial charge >= 0.3 is 0 Å². The molecule has 0 saturated carbocycles. The molecule has 0 aliphatic carbocycles. The van der Waals surface area contributed by atoms with Crippen molar-refractivity contribution in [1.29, 1.82) is 0 Å². The summed E-state index contributed by atoms with van der Waals surface area (Å²) in [7, 11) is -3.79. The Balaban J connectivity index is 1.65. The average molecular weight is 421 g/mol. The number of hydrogen-bond donors (Lipinski definition) is 1. The van der Waals surface area contributed by atoms with Crippen molar-refractivity contribution in [2.45, 2.75) is 38.1 Å². The van der Waals surface area contributed by atoms with E-state index in [0.717, 1.165) is 16.7 Å². The molecular weight excluding hydrogens is 396 g/mol. The molecule has 1 aliphatic heterocycles. The van der Waals surface area contributed by atoms with E-state index in [1.54, 1.807) is 12.1 Å². The standard InChI is InChI=1S/C24H24N2O3S/c1-16-11-12-22(17(2)13-16)25-24(27)20-8-6-9-21(15-20)30(28,29)26-18(3)14-19-7-4-5-10-23(19)26/h4-13,15,18H,14H2,1-3H3,(H,25,27)/t18-/m1/s1. The van der Waals surface area contributed by atoms with Gasteiger partial charge in [0.2, 0.25) is 0 Å². The Morgan fingerprint density at radius 2 is 1.77 bits per heavy atom. The smallest absolute Gasteiger partial charge is 0.264 e. The fraction of sp³-hybridized carbons (Fsp3) is 0.208. The molecule has 0 spiro atoms. The number of carbonyl (C=O) groups is 1. The topological polar surface area (TPSA) is 66.5 Å². The van der Waals surface area contributed by atoms with Crippen molar-refractivity contribution in [2.75, 3.05) is 9.62 Å². The first-order chi connectivity index (χ1) is 14.3. The highest BCUT2D eigenvalue weighted by Crippen LogP contribution is 2.36. The third kappa shape index (κ3) is 3.59. The summed E-state index contributed by atoms with van der Waals surface area (Å²) in [6.45, 7) is 5.81. The summed E-state index contributed by atoms with van der Waals surface area (Å²) < 4.78 is 28.3. The lowest BCUT2D eigenvalue weighted by molar-refractivity contribution is 0.102. The van der Waals surface area contributed by atoms with E-state index in [9.17, 15) is 13.2 Å². The van der Waals surface area contributed by atoms with Gasteiger partial charge in [-0.3, -0.25) is 9.10 Å². The molecule has 1 heterocycles. The molecule has 3 aromatic rings. The monoisotopic (exact) mass is 420 g/mol. The fourth-order valence-electron chi connectivity index (χ4n) is 3.96. The summed E-state index contributed by atoms with van der Waals surface area (Å²) >= 11 is 0. The van der Waals surface area contributed by atoms with Crippen molar-refractivity contribution in [3.8, 4) is 0 Å². The van der Waals surface area contributed by atoms with Crippen molar-refractivity contribution in [3.05, 3.63) is 89.0 Å².